The minimum atomic E-state index is -0.852. The van der Waals surface area contributed by atoms with E-state index in [9.17, 15) is 4.79 Å². The van der Waals surface area contributed by atoms with Crippen LogP contribution in [0.3, 0.4) is 0 Å². The van der Waals surface area contributed by atoms with Crippen LogP contribution in [-0.4, -0.2) is 24.1 Å². The molecule has 1 aliphatic rings. The highest BCUT2D eigenvalue weighted by Gasteiger charge is 2.43. The van der Waals surface area contributed by atoms with E-state index in [0.29, 0.717) is 41.2 Å². The molecule has 7 heteroatoms. The fraction of sp³-hybridized carbons (Fsp3) is 0.385. The van der Waals surface area contributed by atoms with Crippen LogP contribution in [-0.2, 0) is 9.53 Å². The summed E-state index contributed by atoms with van der Waals surface area (Å²) in [5.41, 5.74) is 5.55. The van der Waals surface area contributed by atoms with Crippen LogP contribution in [0.1, 0.15) is 12.8 Å². The zero-order valence-corrected chi connectivity index (χ0v) is 13.8. The normalized spacial score (nSPS) is 17.5. The van der Waals surface area contributed by atoms with Gasteiger partial charge in [-0.25, -0.2) is 0 Å². The molecule has 2 rings (SSSR count). The number of nitrogens with two attached hydrogens (primary N) is 1. The SMILES string of the molecule is NC(=S)C1(C(=O)Nc2cccc(Cl)c2Br)CCOCC1. The number of ether oxygens (including phenoxy) is 1. The van der Waals surface area contributed by atoms with Gasteiger partial charge >= 0.3 is 0 Å². The molecule has 4 nitrogen and oxygen atoms in total. The Hall–Kier alpha value is -0.690. The van der Waals surface area contributed by atoms with E-state index in [1.807, 2.05) is 0 Å². The Morgan fingerprint density at radius 1 is 1.45 bits per heavy atom. The van der Waals surface area contributed by atoms with Gasteiger partial charge in [0.2, 0.25) is 5.91 Å². The first-order valence-corrected chi connectivity index (χ1v) is 7.68. The maximum absolute atomic E-state index is 12.6. The number of thiocarbonyl (C=S) groups is 1. The van der Waals surface area contributed by atoms with Crippen LogP contribution in [0.5, 0.6) is 0 Å². The first-order chi connectivity index (χ1) is 9.47. The number of hydrogen-bond donors (Lipinski definition) is 2. The lowest BCUT2D eigenvalue weighted by atomic mass is 9.79. The van der Waals surface area contributed by atoms with Crippen molar-refractivity contribution < 1.29 is 9.53 Å². The van der Waals surface area contributed by atoms with Crippen molar-refractivity contribution in [3.05, 3.63) is 27.7 Å². The van der Waals surface area contributed by atoms with Gasteiger partial charge in [-0.05, 0) is 40.9 Å². The lowest BCUT2D eigenvalue weighted by Crippen LogP contribution is -2.49. The summed E-state index contributed by atoms with van der Waals surface area (Å²) in [6, 6.07) is 5.26. The van der Waals surface area contributed by atoms with Crippen LogP contribution in [0.2, 0.25) is 5.02 Å². The number of amides is 1. The number of hydrogen-bond acceptors (Lipinski definition) is 3. The van der Waals surface area contributed by atoms with Crippen molar-refractivity contribution in [1.82, 2.24) is 0 Å². The molecule has 0 spiro atoms. The minimum Gasteiger partial charge on any atom is -0.392 e. The topological polar surface area (TPSA) is 64.4 Å². The summed E-state index contributed by atoms with van der Waals surface area (Å²) in [6.45, 7) is 0.947. The van der Waals surface area contributed by atoms with E-state index < -0.39 is 5.41 Å². The quantitative estimate of drug-likeness (QED) is 0.794. The maximum Gasteiger partial charge on any atom is 0.237 e. The molecule has 0 atom stereocenters. The standard InChI is InChI=1S/C13H14BrClN2O2S/c14-10-8(15)2-1-3-9(10)17-12(18)13(11(16)20)4-6-19-7-5-13/h1-3H,4-7H2,(H2,16,20)(H,17,18). The van der Waals surface area contributed by atoms with Gasteiger partial charge in [0, 0.05) is 13.2 Å². The van der Waals surface area contributed by atoms with E-state index in [2.05, 4.69) is 21.2 Å². The Labute approximate surface area is 136 Å². The van der Waals surface area contributed by atoms with Crippen LogP contribution >= 0.6 is 39.7 Å². The Morgan fingerprint density at radius 2 is 2.10 bits per heavy atom. The number of nitrogens with one attached hydrogen (secondary N) is 1. The molecule has 1 aromatic carbocycles. The number of anilines is 1. The molecule has 108 valence electrons. The van der Waals surface area contributed by atoms with E-state index >= 15 is 0 Å². The molecule has 0 unspecified atom stereocenters. The van der Waals surface area contributed by atoms with Gasteiger partial charge in [0.15, 0.2) is 0 Å². The maximum atomic E-state index is 12.6. The molecule has 1 heterocycles. The molecule has 0 radical (unpaired) electrons. The van der Waals surface area contributed by atoms with E-state index in [0.717, 1.165) is 0 Å². The van der Waals surface area contributed by atoms with Gasteiger partial charge in [-0.2, -0.15) is 0 Å². The fourth-order valence-electron chi connectivity index (χ4n) is 2.15. The molecule has 1 fully saturated rings. The molecule has 0 bridgehead atoms. The van der Waals surface area contributed by atoms with Crippen molar-refractivity contribution in [1.29, 1.82) is 0 Å². The van der Waals surface area contributed by atoms with Crippen LogP contribution in [0.4, 0.5) is 5.69 Å². The van der Waals surface area contributed by atoms with Gasteiger partial charge in [-0.1, -0.05) is 29.9 Å². The molecule has 3 N–H and O–H groups in total. The van der Waals surface area contributed by atoms with Crippen LogP contribution in [0.25, 0.3) is 0 Å². The van der Waals surface area contributed by atoms with Gasteiger partial charge < -0.3 is 15.8 Å². The van der Waals surface area contributed by atoms with Crippen LogP contribution in [0.15, 0.2) is 22.7 Å². The number of carbonyl (C=O) groups excluding carboxylic acids is 1. The summed E-state index contributed by atoms with van der Waals surface area (Å²) in [5, 5.41) is 3.38. The molecule has 20 heavy (non-hydrogen) atoms. The zero-order valence-electron chi connectivity index (χ0n) is 10.6. The van der Waals surface area contributed by atoms with E-state index in [4.69, 9.17) is 34.3 Å². The average molecular weight is 378 g/mol. The predicted molar refractivity (Wildman–Crippen MR) is 87.1 cm³/mol. The third-order valence-electron chi connectivity index (χ3n) is 3.45. The van der Waals surface area contributed by atoms with Gasteiger partial charge in [0.25, 0.3) is 0 Å². The van der Waals surface area contributed by atoms with Crippen LogP contribution in [0, 0.1) is 5.41 Å². The van der Waals surface area contributed by atoms with Crippen molar-refractivity contribution in [2.75, 3.05) is 18.5 Å². The van der Waals surface area contributed by atoms with Crippen LogP contribution < -0.4 is 11.1 Å². The summed E-state index contributed by atoms with van der Waals surface area (Å²) in [6.07, 6.45) is 0.985. The molecule has 1 amide bonds. The summed E-state index contributed by atoms with van der Waals surface area (Å²) in [4.78, 5) is 12.8. The summed E-state index contributed by atoms with van der Waals surface area (Å²) in [5.74, 6) is -0.212. The molecule has 1 saturated heterocycles. The average Bonchev–Trinajstić information content (AvgIpc) is 2.44. The first kappa shape index (κ1) is 15.7. The second-order valence-corrected chi connectivity index (χ2v) is 6.25. The highest BCUT2D eigenvalue weighted by atomic mass is 79.9. The Kier molecular flexibility index (Phi) is 5.01. The summed E-state index contributed by atoms with van der Waals surface area (Å²) < 4.78 is 5.93. The molecule has 1 aromatic rings. The van der Waals surface area contributed by atoms with Crippen molar-refractivity contribution in [3.8, 4) is 0 Å². The molecule has 0 saturated carbocycles. The number of rotatable bonds is 3. The number of benzene rings is 1. The van der Waals surface area contributed by atoms with Gasteiger partial charge in [-0.15, -0.1) is 0 Å². The van der Waals surface area contributed by atoms with Crippen molar-refractivity contribution >= 4 is 56.3 Å². The van der Waals surface area contributed by atoms with Gasteiger partial charge in [0.05, 0.1) is 20.2 Å². The molecule has 0 aliphatic carbocycles. The molecule has 1 aliphatic heterocycles. The largest absolute Gasteiger partial charge is 0.392 e. The van der Waals surface area contributed by atoms with Gasteiger partial charge in [-0.3, -0.25) is 4.79 Å². The highest BCUT2D eigenvalue weighted by molar-refractivity contribution is 9.10. The lowest BCUT2D eigenvalue weighted by Gasteiger charge is -2.34. The fourth-order valence-corrected chi connectivity index (χ4v) is 2.98. The molecular formula is C13H14BrClN2O2S. The summed E-state index contributed by atoms with van der Waals surface area (Å²) >= 11 is 14.5. The second-order valence-electron chi connectivity index (χ2n) is 4.61. The van der Waals surface area contributed by atoms with Gasteiger partial charge in [0.1, 0.15) is 5.41 Å². The van der Waals surface area contributed by atoms with E-state index in [-0.39, 0.29) is 10.9 Å². The number of halogens is 2. The Bertz CT molecular complexity index is 547. The van der Waals surface area contributed by atoms with Crippen molar-refractivity contribution in [3.63, 3.8) is 0 Å². The Balaban J connectivity index is 2.25. The van der Waals surface area contributed by atoms with Crippen molar-refractivity contribution in [2.24, 2.45) is 11.1 Å². The highest BCUT2D eigenvalue weighted by Crippen LogP contribution is 2.35. The monoisotopic (exact) mass is 376 g/mol. The second kappa shape index (κ2) is 6.39. The minimum absolute atomic E-state index is 0.205. The first-order valence-electron chi connectivity index (χ1n) is 6.10. The lowest BCUT2D eigenvalue weighted by molar-refractivity contribution is -0.126. The Morgan fingerprint density at radius 3 is 2.70 bits per heavy atom. The third kappa shape index (κ3) is 2.98. The van der Waals surface area contributed by atoms with Crippen molar-refractivity contribution in [2.45, 2.75) is 12.8 Å². The zero-order chi connectivity index (χ0) is 14.8. The predicted octanol–water partition coefficient (Wildman–Crippen LogP) is 3.12. The molecule has 0 aromatic heterocycles. The van der Waals surface area contributed by atoms with E-state index in [1.54, 1.807) is 18.2 Å². The number of carbonyl (C=O) groups is 1. The molecular weight excluding hydrogens is 364 g/mol. The van der Waals surface area contributed by atoms with E-state index in [1.165, 1.54) is 0 Å². The smallest absolute Gasteiger partial charge is 0.237 e. The third-order valence-corrected chi connectivity index (χ3v) is 5.24. The summed E-state index contributed by atoms with van der Waals surface area (Å²) in [7, 11) is 0.